The van der Waals surface area contributed by atoms with E-state index in [2.05, 4.69) is 27.7 Å². The molecule has 1 nitrogen and oxygen atoms in total. The molecule has 0 radical (unpaired) electrons. The molecule has 4 unspecified atom stereocenters. The lowest BCUT2D eigenvalue weighted by molar-refractivity contribution is -0.122. The average Bonchev–Trinajstić information content (AvgIpc) is 2.61. The number of carbonyl (C=O) groups excluding carboxylic acids is 1. The standard InChI is InChI=1S/C16H26O/c1-11-12(17)10-16-8-5-7-14(2,3)13(16)6-9-15(11,16)4/h11,13H,5-10H2,1-4H3. The van der Waals surface area contributed by atoms with Crippen molar-refractivity contribution < 1.29 is 4.79 Å². The highest BCUT2D eigenvalue weighted by molar-refractivity contribution is 5.85. The molecule has 3 saturated carbocycles. The fourth-order valence-corrected chi connectivity index (χ4v) is 5.88. The van der Waals surface area contributed by atoms with Crippen LogP contribution in [0.25, 0.3) is 0 Å². The van der Waals surface area contributed by atoms with Gasteiger partial charge in [0.05, 0.1) is 0 Å². The van der Waals surface area contributed by atoms with E-state index in [1.165, 1.54) is 32.1 Å². The molecule has 3 rings (SSSR count). The van der Waals surface area contributed by atoms with Crippen LogP contribution in [0.2, 0.25) is 0 Å². The fourth-order valence-electron chi connectivity index (χ4n) is 5.88. The molecule has 0 bridgehead atoms. The Kier molecular flexibility index (Phi) is 2.18. The maximum absolute atomic E-state index is 12.3. The third-order valence-electron chi connectivity index (χ3n) is 7.07. The third-order valence-corrected chi connectivity index (χ3v) is 7.07. The average molecular weight is 234 g/mol. The molecule has 0 amide bonds. The number of Topliss-reactive ketones (excluding diaryl/α,β-unsaturated/α-hetero) is 1. The summed E-state index contributed by atoms with van der Waals surface area (Å²) in [5.74, 6) is 1.65. The molecule has 0 N–H and O–H groups in total. The van der Waals surface area contributed by atoms with Crippen LogP contribution in [0.3, 0.4) is 0 Å². The van der Waals surface area contributed by atoms with E-state index in [4.69, 9.17) is 0 Å². The highest BCUT2D eigenvalue weighted by atomic mass is 16.1. The first-order valence-electron chi connectivity index (χ1n) is 7.36. The van der Waals surface area contributed by atoms with Crippen molar-refractivity contribution in [2.45, 2.75) is 66.2 Å². The van der Waals surface area contributed by atoms with Crippen LogP contribution in [-0.2, 0) is 4.79 Å². The second-order valence-corrected chi connectivity index (χ2v) is 7.87. The molecule has 0 saturated heterocycles. The van der Waals surface area contributed by atoms with Crippen LogP contribution >= 0.6 is 0 Å². The van der Waals surface area contributed by atoms with Crippen LogP contribution in [0, 0.1) is 28.1 Å². The van der Waals surface area contributed by atoms with Crippen LogP contribution in [-0.4, -0.2) is 5.78 Å². The molecule has 4 atom stereocenters. The van der Waals surface area contributed by atoms with Crippen LogP contribution in [0.5, 0.6) is 0 Å². The van der Waals surface area contributed by atoms with Gasteiger partial charge in [0.1, 0.15) is 5.78 Å². The molecule has 0 aromatic rings. The lowest BCUT2D eigenvalue weighted by Crippen LogP contribution is -2.45. The summed E-state index contributed by atoms with van der Waals surface area (Å²) < 4.78 is 0. The van der Waals surface area contributed by atoms with Crippen LogP contribution in [0.4, 0.5) is 0 Å². The van der Waals surface area contributed by atoms with Gasteiger partial charge >= 0.3 is 0 Å². The van der Waals surface area contributed by atoms with Gasteiger partial charge in [0.25, 0.3) is 0 Å². The van der Waals surface area contributed by atoms with Gasteiger partial charge in [0.15, 0.2) is 0 Å². The summed E-state index contributed by atoms with van der Waals surface area (Å²) in [7, 11) is 0. The molecule has 1 heteroatoms. The van der Waals surface area contributed by atoms with Crippen molar-refractivity contribution in [3.8, 4) is 0 Å². The van der Waals surface area contributed by atoms with Gasteiger partial charge in [0, 0.05) is 12.3 Å². The Morgan fingerprint density at radius 3 is 2.53 bits per heavy atom. The summed E-state index contributed by atoms with van der Waals surface area (Å²) in [6.45, 7) is 9.50. The zero-order valence-corrected chi connectivity index (χ0v) is 11.8. The van der Waals surface area contributed by atoms with Gasteiger partial charge in [0.2, 0.25) is 0 Å². The highest BCUT2D eigenvalue weighted by Crippen LogP contribution is 2.73. The molecule has 3 aliphatic carbocycles. The molecule has 3 fully saturated rings. The number of hydrogen-bond donors (Lipinski definition) is 0. The summed E-state index contributed by atoms with van der Waals surface area (Å²) in [5.41, 5.74) is 1.14. The molecular formula is C16H26O. The first-order chi connectivity index (χ1) is 7.83. The predicted molar refractivity (Wildman–Crippen MR) is 69.7 cm³/mol. The van der Waals surface area contributed by atoms with Gasteiger partial charge < -0.3 is 0 Å². The van der Waals surface area contributed by atoms with E-state index in [9.17, 15) is 4.79 Å². The number of carbonyl (C=O) groups is 1. The SMILES string of the molecule is CC1C(=O)CC23CCCC(C)(C)C2CCC13C. The van der Waals surface area contributed by atoms with E-state index < -0.39 is 0 Å². The van der Waals surface area contributed by atoms with E-state index in [1.54, 1.807) is 0 Å². The van der Waals surface area contributed by atoms with Crippen molar-refractivity contribution in [1.82, 2.24) is 0 Å². The second kappa shape index (κ2) is 3.16. The Morgan fingerprint density at radius 1 is 1.12 bits per heavy atom. The molecular weight excluding hydrogens is 208 g/mol. The zero-order chi connectivity index (χ0) is 12.5. The van der Waals surface area contributed by atoms with Crippen molar-refractivity contribution >= 4 is 5.78 Å². The Labute approximate surface area is 105 Å². The monoisotopic (exact) mass is 234 g/mol. The summed E-state index contributed by atoms with van der Waals surface area (Å²) in [4.78, 5) is 12.3. The number of hydrogen-bond acceptors (Lipinski definition) is 1. The highest BCUT2D eigenvalue weighted by Gasteiger charge is 2.68. The Morgan fingerprint density at radius 2 is 1.82 bits per heavy atom. The maximum Gasteiger partial charge on any atom is 0.136 e. The topological polar surface area (TPSA) is 17.1 Å². The Bertz CT molecular complexity index is 370. The molecule has 0 aliphatic heterocycles. The third kappa shape index (κ3) is 1.19. The minimum absolute atomic E-state index is 0.307. The summed E-state index contributed by atoms with van der Waals surface area (Å²) in [5, 5.41) is 0. The van der Waals surface area contributed by atoms with Crippen LogP contribution in [0.15, 0.2) is 0 Å². The predicted octanol–water partition coefficient (Wildman–Crippen LogP) is 4.21. The molecule has 0 aromatic carbocycles. The van der Waals surface area contributed by atoms with E-state index in [-0.39, 0.29) is 0 Å². The fraction of sp³-hybridized carbons (Fsp3) is 0.938. The Hall–Kier alpha value is -0.330. The minimum Gasteiger partial charge on any atom is -0.299 e. The number of rotatable bonds is 0. The van der Waals surface area contributed by atoms with Crippen molar-refractivity contribution in [3.05, 3.63) is 0 Å². The van der Waals surface area contributed by atoms with Crippen molar-refractivity contribution in [2.75, 3.05) is 0 Å². The first-order valence-corrected chi connectivity index (χ1v) is 7.36. The maximum atomic E-state index is 12.3. The van der Waals surface area contributed by atoms with Gasteiger partial charge in [-0.15, -0.1) is 0 Å². The van der Waals surface area contributed by atoms with E-state index in [0.717, 1.165) is 12.3 Å². The van der Waals surface area contributed by atoms with Crippen molar-refractivity contribution in [3.63, 3.8) is 0 Å². The first kappa shape index (κ1) is 11.7. The van der Waals surface area contributed by atoms with Crippen molar-refractivity contribution in [1.29, 1.82) is 0 Å². The van der Waals surface area contributed by atoms with Gasteiger partial charge in [-0.1, -0.05) is 34.1 Å². The van der Waals surface area contributed by atoms with Crippen LogP contribution in [0.1, 0.15) is 66.2 Å². The molecule has 0 heterocycles. The van der Waals surface area contributed by atoms with Gasteiger partial charge in [-0.2, -0.15) is 0 Å². The van der Waals surface area contributed by atoms with Crippen LogP contribution < -0.4 is 0 Å². The molecule has 1 spiro atoms. The van der Waals surface area contributed by atoms with E-state index in [1.807, 2.05) is 0 Å². The second-order valence-electron chi connectivity index (χ2n) is 7.87. The van der Waals surface area contributed by atoms with E-state index in [0.29, 0.717) is 27.9 Å². The molecule has 96 valence electrons. The zero-order valence-electron chi connectivity index (χ0n) is 11.8. The van der Waals surface area contributed by atoms with E-state index >= 15 is 0 Å². The smallest absolute Gasteiger partial charge is 0.136 e. The molecule has 17 heavy (non-hydrogen) atoms. The summed E-state index contributed by atoms with van der Waals surface area (Å²) in [6, 6.07) is 0. The summed E-state index contributed by atoms with van der Waals surface area (Å²) >= 11 is 0. The normalized spacial score (nSPS) is 52.4. The lowest BCUT2D eigenvalue weighted by Gasteiger charge is -2.52. The quantitative estimate of drug-likeness (QED) is 0.613. The molecule has 3 aliphatic rings. The number of ketones is 1. The van der Waals surface area contributed by atoms with Gasteiger partial charge in [-0.3, -0.25) is 4.79 Å². The lowest BCUT2D eigenvalue weighted by atomic mass is 9.52. The van der Waals surface area contributed by atoms with Crippen molar-refractivity contribution in [2.24, 2.45) is 28.1 Å². The minimum atomic E-state index is 0.307. The largest absolute Gasteiger partial charge is 0.299 e. The van der Waals surface area contributed by atoms with Gasteiger partial charge in [-0.05, 0) is 47.8 Å². The molecule has 0 aromatic heterocycles. The Balaban J connectivity index is 2.09. The van der Waals surface area contributed by atoms with Gasteiger partial charge in [-0.25, -0.2) is 0 Å². The summed E-state index contributed by atoms with van der Waals surface area (Å²) in [6.07, 6.45) is 7.54.